The van der Waals surface area contributed by atoms with Gasteiger partial charge in [-0.2, -0.15) is 0 Å². The zero-order valence-electron chi connectivity index (χ0n) is 16.0. The molecule has 2 aliphatic rings. The van der Waals surface area contributed by atoms with E-state index in [0.717, 1.165) is 68.5 Å². The molecule has 2 N–H and O–H groups in total. The molecular weight excluding hydrogens is 314 g/mol. The minimum atomic E-state index is 0.645. The molecule has 0 aliphatic carbocycles. The number of aliphatic imine (C=N–C) groups is 1. The summed E-state index contributed by atoms with van der Waals surface area (Å²) in [5, 5.41) is 0. The lowest BCUT2D eigenvalue weighted by Gasteiger charge is -2.32. The average molecular weight is 348 g/mol. The SMILES string of the molecule is Cc1nc(CN2CCC(CN=C(N)N3CCC(C)CC3)CC2)oc1C. The molecule has 0 bridgehead atoms. The van der Waals surface area contributed by atoms with Crippen LogP contribution in [0.5, 0.6) is 0 Å². The van der Waals surface area contributed by atoms with E-state index in [1.165, 1.54) is 25.7 Å². The van der Waals surface area contributed by atoms with Crippen molar-refractivity contribution in [1.29, 1.82) is 0 Å². The van der Waals surface area contributed by atoms with Gasteiger partial charge in [-0.05, 0) is 64.5 Å². The first-order chi connectivity index (χ1) is 12.0. The normalized spacial score (nSPS) is 21.9. The van der Waals surface area contributed by atoms with Crippen LogP contribution >= 0.6 is 0 Å². The van der Waals surface area contributed by atoms with Gasteiger partial charge in [0.25, 0.3) is 0 Å². The molecule has 6 heteroatoms. The van der Waals surface area contributed by atoms with Crippen LogP contribution in [-0.2, 0) is 6.54 Å². The van der Waals surface area contributed by atoms with E-state index in [4.69, 9.17) is 15.1 Å². The number of likely N-dealkylation sites (tertiary alicyclic amines) is 2. The second-order valence-electron chi connectivity index (χ2n) is 7.84. The van der Waals surface area contributed by atoms with E-state index in [1.807, 2.05) is 13.8 Å². The summed E-state index contributed by atoms with van der Waals surface area (Å²) in [6.07, 6.45) is 4.81. The van der Waals surface area contributed by atoms with Crippen LogP contribution in [0.3, 0.4) is 0 Å². The highest BCUT2D eigenvalue weighted by Gasteiger charge is 2.22. The van der Waals surface area contributed by atoms with Gasteiger partial charge >= 0.3 is 0 Å². The fourth-order valence-corrected chi connectivity index (χ4v) is 3.69. The van der Waals surface area contributed by atoms with Gasteiger partial charge in [-0.1, -0.05) is 6.92 Å². The van der Waals surface area contributed by atoms with Gasteiger partial charge in [-0.15, -0.1) is 0 Å². The molecule has 3 heterocycles. The van der Waals surface area contributed by atoms with Crippen LogP contribution < -0.4 is 5.73 Å². The van der Waals surface area contributed by atoms with Crippen molar-refractivity contribution in [3.63, 3.8) is 0 Å². The van der Waals surface area contributed by atoms with Crippen LogP contribution in [0.2, 0.25) is 0 Å². The van der Waals surface area contributed by atoms with Crippen molar-refractivity contribution in [2.45, 2.75) is 53.0 Å². The summed E-state index contributed by atoms with van der Waals surface area (Å²) >= 11 is 0. The predicted octanol–water partition coefficient (Wildman–Crippen LogP) is 2.55. The smallest absolute Gasteiger partial charge is 0.208 e. The summed E-state index contributed by atoms with van der Waals surface area (Å²) < 4.78 is 5.70. The maximum atomic E-state index is 6.20. The third kappa shape index (κ3) is 4.97. The molecule has 0 saturated carbocycles. The summed E-state index contributed by atoms with van der Waals surface area (Å²) in [6, 6.07) is 0. The third-order valence-electron chi connectivity index (χ3n) is 5.76. The highest BCUT2D eigenvalue weighted by molar-refractivity contribution is 5.78. The lowest BCUT2D eigenvalue weighted by Crippen LogP contribution is -2.43. The molecule has 1 aromatic rings. The molecule has 0 radical (unpaired) electrons. The largest absolute Gasteiger partial charge is 0.444 e. The van der Waals surface area contributed by atoms with Gasteiger partial charge < -0.3 is 15.1 Å². The maximum Gasteiger partial charge on any atom is 0.208 e. The van der Waals surface area contributed by atoms with Crippen molar-refractivity contribution in [1.82, 2.24) is 14.8 Å². The second kappa shape index (κ2) is 8.21. The number of rotatable bonds is 4. The van der Waals surface area contributed by atoms with E-state index in [1.54, 1.807) is 0 Å². The summed E-state index contributed by atoms with van der Waals surface area (Å²) in [4.78, 5) is 13.9. The monoisotopic (exact) mass is 347 g/mol. The second-order valence-corrected chi connectivity index (χ2v) is 7.84. The van der Waals surface area contributed by atoms with E-state index in [-0.39, 0.29) is 0 Å². The average Bonchev–Trinajstić information content (AvgIpc) is 2.92. The van der Waals surface area contributed by atoms with Crippen LogP contribution in [0.1, 0.15) is 50.0 Å². The Morgan fingerprint density at radius 1 is 1.16 bits per heavy atom. The molecule has 0 atom stereocenters. The lowest BCUT2D eigenvalue weighted by atomic mass is 9.97. The summed E-state index contributed by atoms with van der Waals surface area (Å²) in [7, 11) is 0. The minimum Gasteiger partial charge on any atom is -0.444 e. The fraction of sp³-hybridized carbons (Fsp3) is 0.789. The number of oxazole rings is 1. The van der Waals surface area contributed by atoms with Crippen LogP contribution in [0.4, 0.5) is 0 Å². The molecule has 2 saturated heterocycles. The highest BCUT2D eigenvalue weighted by Crippen LogP contribution is 2.20. The van der Waals surface area contributed by atoms with Gasteiger partial charge in [-0.3, -0.25) is 9.89 Å². The fourth-order valence-electron chi connectivity index (χ4n) is 3.69. The van der Waals surface area contributed by atoms with Gasteiger partial charge in [0.05, 0.1) is 12.2 Å². The molecule has 6 nitrogen and oxygen atoms in total. The topological polar surface area (TPSA) is 70.9 Å². The molecule has 2 fully saturated rings. The maximum absolute atomic E-state index is 6.20. The number of piperidine rings is 2. The molecule has 25 heavy (non-hydrogen) atoms. The van der Waals surface area contributed by atoms with Crippen LogP contribution in [0.25, 0.3) is 0 Å². The quantitative estimate of drug-likeness (QED) is 0.669. The van der Waals surface area contributed by atoms with E-state index in [9.17, 15) is 0 Å². The Morgan fingerprint density at radius 3 is 2.44 bits per heavy atom. The molecular formula is C19H33N5O. The standard InChI is InChI=1S/C19H33N5O/c1-14-4-10-24(11-5-14)19(20)21-12-17-6-8-23(9-7-17)13-18-22-15(2)16(3)25-18/h14,17H,4-13H2,1-3H3,(H2,20,21). The third-order valence-corrected chi connectivity index (χ3v) is 5.76. The lowest BCUT2D eigenvalue weighted by molar-refractivity contribution is 0.166. The first-order valence-electron chi connectivity index (χ1n) is 9.71. The number of hydrogen-bond donors (Lipinski definition) is 1. The Bertz CT molecular complexity index is 561. The first-order valence-corrected chi connectivity index (χ1v) is 9.71. The molecule has 3 rings (SSSR count). The van der Waals surface area contributed by atoms with Crippen LogP contribution in [0.15, 0.2) is 9.41 Å². The van der Waals surface area contributed by atoms with Crippen LogP contribution in [-0.4, -0.2) is 53.5 Å². The summed E-state index contributed by atoms with van der Waals surface area (Å²) in [6.45, 7) is 12.3. The Morgan fingerprint density at radius 2 is 1.84 bits per heavy atom. The Hall–Kier alpha value is -1.56. The van der Waals surface area contributed by atoms with Crippen molar-refractivity contribution in [2.24, 2.45) is 22.6 Å². The van der Waals surface area contributed by atoms with Crippen molar-refractivity contribution in [2.75, 3.05) is 32.7 Å². The molecule has 2 aliphatic heterocycles. The van der Waals surface area contributed by atoms with E-state index >= 15 is 0 Å². The molecule has 0 spiro atoms. The van der Waals surface area contributed by atoms with Gasteiger partial charge in [0, 0.05) is 19.6 Å². The van der Waals surface area contributed by atoms with Gasteiger partial charge in [0.1, 0.15) is 5.76 Å². The van der Waals surface area contributed by atoms with Crippen molar-refractivity contribution in [3.05, 3.63) is 17.3 Å². The molecule has 0 aromatic carbocycles. The molecule has 0 unspecified atom stereocenters. The zero-order chi connectivity index (χ0) is 17.8. The number of aromatic nitrogens is 1. The Labute approximate surface area is 151 Å². The molecule has 1 aromatic heterocycles. The molecule has 140 valence electrons. The van der Waals surface area contributed by atoms with Crippen molar-refractivity contribution < 1.29 is 4.42 Å². The number of hydrogen-bond acceptors (Lipinski definition) is 4. The van der Waals surface area contributed by atoms with Crippen molar-refractivity contribution in [3.8, 4) is 0 Å². The number of nitrogens with zero attached hydrogens (tertiary/aromatic N) is 4. The highest BCUT2D eigenvalue weighted by atomic mass is 16.4. The summed E-state index contributed by atoms with van der Waals surface area (Å²) in [5.41, 5.74) is 7.20. The number of aryl methyl sites for hydroxylation is 2. The Kier molecular flexibility index (Phi) is 5.99. The van der Waals surface area contributed by atoms with Gasteiger partial charge in [-0.25, -0.2) is 4.98 Å². The summed E-state index contributed by atoms with van der Waals surface area (Å²) in [5.74, 6) is 3.99. The van der Waals surface area contributed by atoms with E-state index < -0.39 is 0 Å². The van der Waals surface area contributed by atoms with E-state index in [2.05, 4.69) is 21.7 Å². The minimum absolute atomic E-state index is 0.645. The Balaban J connectivity index is 1.40. The van der Waals surface area contributed by atoms with Crippen molar-refractivity contribution >= 4 is 5.96 Å². The zero-order valence-corrected chi connectivity index (χ0v) is 16.0. The predicted molar refractivity (Wildman–Crippen MR) is 100 cm³/mol. The van der Waals surface area contributed by atoms with Gasteiger partial charge in [0.2, 0.25) is 5.89 Å². The number of guanidine groups is 1. The van der Waals surface area contributed by atoms with Crippen LogP contribution in [0, 0.1) is 25.7 Å². The van der Waals surface area contributed by atoms with Gasteiger partial charge in [0.15, 0.2) is 5.96 Å². The first kappa shape index (κ1) is 18.2. The van der Waals surface area contributed by atoms with E-state index in [0.29, 0.717) is 5.92 Å². The molecule has 0 amide bonds. The number of nitrogens with two attached hydrogens (primary N) is 1.